The van der Waals surface area contributed by atoms with Crippen LogP contribution >= 0.6 is 0 Å². The largest absolute Gasteiger partial charge is 0.444 e. The van der Waals surface area contributed by atoms with Gasteiger partial charge in [-0.05, 0) is 39.7 Å². The van der Waals surface area contributed by atoms with Gasteiger partial charge in [0.25, 0.3) is 0 Å². The van der Waals surface area contributed by atoms with Gasteiger partial charge in [0.1, 0.15) is 11.8 Å². The second kappa shape index (κ2) is 8.78. The fraction of sp³-hybridized carbons (Fsp3) is 0.682. The molecule has 6 heteroatoms. The summed E-state index contributed by atoms with van der Waals surface area (Å²) >= 11 is 0. The molecule has 0 spiro atoms. The van der Waals surface area contributed by atoms with Gasteiger partial charge >= 0.3 is 6.09 Å². The molecule has 156 valence electrons. The van der Waals surface area contributed by atoms with E-state index in [2.05, 4.69) is 41.0 Å². The molecule has 0 saturated carbocycles. The van der Waals surface area contributed by atoms with Gasteiger partial charge in [0.15, 0.2) is 0 Å². The van der Waals surface area contributed by atoms with E-state index in [1.165, 1.54) is 5.56 Å². The highest BCUT2D eigenvalue weighted by atomic mass is 19.1. The first-order valence-corrected chi connectivity index (χ1v) is 10.4. The fourth-order valence-corrected chi connectivity index (χ4v) is 4.12. The average molecular weight is 392 g/mol. The van der Waals surface area contributed by atoms with Crippen molar-refractivity contribution >= 4 is 6.09 Å². The quantitative estimate of drug-likeness (QED) is 0.787. The van der Waals surface area contributed by atoms with Gasteiger partial charge < -0.3 is 9.64 Å². The van der Waals surface area contributed by atoms with Crippen molar-refractivity contribution < 1.29 is 13.9 Å². The molecule has 2 fully saturated rings. The van der Waals surface area contributed by atoms with E-state index in [1.54, 1.807) is 0 Å². The van der Waals surface area contributed by atoms with Crippen LogP contribution in [0.5, 0.6) is 0 Å². The minimum absolute atomic E-state index is 0.0716. The summed E-state index contributed by atoms with van der Waals surface area (Å²) in [6.45, 7) is 12.0. The Kier molecular flexibility index (Phi) is 6.61. The number of carbonyl (C=O) groups is 1. The molecule has 5 nitrogen and oxygen atoms in total. The molecule has 3 atom stereocenters. The zero-order chi connectivity index (χ0) is 20.3. The van der Waals surface area contributed by atoms with Gasteiger partial charge in [0.05, 0.1) is 0 Å². The van der Waals surface area contributed by atoms with Crippen LogP contribution in [0.3, 0.4) is 0 Å². The van der Waals surface area contributed by atoms with Crippen LogP contribution in [-0.2, 0) is 11.3 Å². The maximum absolute atomic E-state index is 13.7. The molecule has 2 aliphatic heterocycles. The number of likely N-dealkylation sites (tertiary alicyclic amines) is 1. The number of hydrogen-bond acceptors (Lipinski definition) is 4. The fourth-order valence-electron chi connectivity index (χ4n) is 4.12. The molecule has 2 saturated heterocycles. The molecule has 2 heterocycles. The topological polar surface area (TPSA) is 36.0 Å². The molecule has 0 aromatic heterocycles. The van der Waals surface area contributed by atoms with Crippen molar-refractivity contribution in [3.05, 3.63) is 35.9 Å². The molecule has 3 rings (SSSR count). The third-order valence-electron chi connectivity index (χ3n) is 5.49. The maximum atomic E-state index is 13.7. The zero-order valence-corrected chi connectivity index (χ0v) is 17.6. The standard InChI is InChI=1S/C22H34FN3O2/c1-17-12-25(13-18-8-6-5-7-9-18)20(15-24-11-10-19(23)14-24)16-26(17)21(27)28-22(2,3)4/h5-9,17,19-20H,10-16H2,1-4H3/t17-,19+,20+/m1/s1. The summed E-state index contributed by atoms with van der Waals surface area (Å²) in [5, 5.41) is 0. The van der Waals surface area contributed by atoms with Gasteiger partial charge in [-0.25, -0.2) is 9.18 Å². The van der Waals surface area contributed by atoms with Crippen LogP contribution in [-0.4, -0.2) is 77.4 Å². The van der Waals surface area contributed by atoms with E-state index in [-0.39, 0.29) is 18.2 Å². The second-order valence-corrected chi connectivity index (χ2v) is 9.20. The molecule has 0 radical (unpaired) electrons. The van der Waals surface area contributed by atoms with Crippen molar-refractivity contribution in [2.24, 2.45) is 0 Å². The van der Waals surface area contributed by atoms with E-state index in [0.29, 0.717) is 19.5 Å². The van der Waals surface area contributed by atoms with Crippen LogP contribution < -0.4 is 0 Å². The number of halogens is 1. The summed E-state index contributed by atoms with van der Waals surface area (Å²) in [7, 11) is 0. The summed E-state index contributed by atoms with van der Waals surface area (Å²) in [5.74, 6) is 0. The monoisotopic (exact) mass is 391 g/mol. The van der Waals surface area contributed by atoms with Gasteiger partial charge in [-0.15, -0.1) is 0 Å². The Morgan fingerprint density at radius 2 is 1.89 bits per heavy atom. The van der Waals surface area contributed by atoms with E-state index in [0.717, 1.165) is 26.2 Å². The molecule has 0 unspecified atom stereocenters. The van der Waals surface area contributed by atoms with E-state index in [1.807, 2.05) is 31.7 Å². The average Bonchev–Trinajstić information content (AvgIpc) is 3.01. The Morgan fingerprint density at radius 1 is 1.18 bits per heavy atom. The summed E-state index contributed by atoms with van der Waals surface area (Å²) in [6, 6.07) is 10.6. The van der Waals surface area contributed by atoms with E-state index < -0.39 is 11.8 Å². The number of nitrogens with zero attached hydrogens (tertiary/aromatic N) is 3. The Bertz CT molecular complexity index is 649. The smallest absolute Gasteiger partial charge is 0.410 e. The molecular formula is C22H34FN3O2. The van der Waals surface area contributed by atoms with Crippen molar-refractivity contribution in [1.29, 1.82) is 0 Å². The van der Waals surface area contributed by atoms with E-state index in [9.17, 15) is 9.18 Å². The predicted octanol–water partition coefficient (Wildman–Crippen LogP) is 3.54. The SMILES string of the molecule is C[C@@H]1CN(Cc2ccccc2)[C@@H](CN2CC[C@H](F)C2)CN1C(=O)OC(C)(C)C. The summed E-state index contributed by atoms with van der Waals surface area (Å²) in [4.78, 5) is 19.2. The Labute approximate surface area is 168 Å². The summed E-state index contributed by atoms with van der Waals surface area (Å²) < 4.78 is 19.3. The highest BCUT2D eigenvalue weighted by molar-refractivity contribution is 5.68. The molecule has 28 heavy (non-hydrogen) atoms. The molecular weight excluding hydrogens is 357 g/mol. The van der Waals surface area contributed by atoms with Gasteiger partial charge in [0, 0.05) is 51.4 Å². The van der Waals surface area contributed by atoms with Crippen LogP contribution in [0, 0.1) is 0 Å². The first-order valence-electron chi connectivity index (χ1n) is 10.4. The third-order valence-corrected chi connectivity index (χ3v) is 5.49. The number of amides is 1. The van der Waals surface area contributed by atoms with Crippen LogP contribution in [0.25, 0.3) is 0 Å². The summed E-state index contributed by atoms with van der Waals surface area (Å²) in [5.41, 5.74) is 0.749. The Balaban J connectivity index is 1.72. The van der Waals surface area contributed by atoms with Gasteiger partial charge in [-0.1, -0.05) is 30.3 Å². The summed E-state index contributed by atoms with van der Waals surface area (Å²) in [6.07, 6.45) is -0.376. The minimum atomic E-state index is -0.730. The maximum Gasteiger partial charge on any atom is 0.410 e. The molecule has 1 aromatic carbocycles. The van der Waals surface area contributed by atoms with Crippen LogP contribution in [0.2, 0.25) is 0 Å². The molecule has 2 aliphatic rings. The number of alkyl halides is 1. The third kappa shape index (κ3) is 5.67. The number of carbonyl (C=O) groups excluding carboxylic acids is 1. The predicted molar refractivity (Wildman–Crippen MR) is 109 cm³/mol. The van der Waals surface area contributed by atoms with E-state index in [4.69, 9.17) is 4.74 Å². The Morgan fingerprint density at radius 3 is 2.50 bits per heavy atom. The molecule has 0 N–H and O–H groups in total. The van der Waals surface area contributed by atoms with Crippen LogP contribution in [0.4, 0.5) is 9.18 Å². The molecule has 1 aromatic rings. The van der Waals surface area contributed by atoms with Gasteiger partial charge in [-0.2, -0.15) is 0 Å². The lowest BCUT2D eigenvalue weighted by Crippen LogP contribution is -2.61. The van der Waals surface area contributed by atoms with Crippen LogP contribution in [0.1, 0.15) is 39.7 Å². The first-order chi connectivity index (χ1) is 13.2. The number of rotatable bonds is 4. The minimum Gasteiger partial charge on any atom is -0.444 e. The van der Waals surface area contributed by atoms with Crippen molar-refractivity contribution in [3.8, 4) is 0 Å². The number of piperazine rings is 1. The van der Waals surface area contributed by atoms with Crippen molar-refractivity contribution in [2.75, 3.05) is 32.7 Å². The lowest BCUT2D eigenvalue weighted by Gasteiger charge is -2.46. The molecule has 0 bridgehead atoms. The number of ether oxygens (including phenoxy) is 1. The lowest BCUT2D eigenvalue weighted by atomic mass is 10.1. The number of hydrogen-bond donors (Lipinski definition) is 0. The van der Waals surface area contributed by atoms with Crippen molar-refractivity contribution in [3.63, 3.8) is 0 Å². The molecule has 1 amide bonds. The van der Waals surface area contributed by atoms with E-state index >= 15 is 0 Å². The highest BCUT2D eigenvalue weighted by Gasteiger charge is 2.37. The molecule has 0 aliphatic carbocycles. The van der Waals surface area contributed by atoms with Crippen molar-refractivity contribution in [1.82, 2.24) is 14.7 Å². The number of benzene rings is 1. The second-order valence-electron chi connectivity index (χ2n) is 9.20. The lowest BCUT2D eigenvalue weighted by molar-refractivity contribution is -0.0193. The Hall–Kier alpha value is -1.66. The normalized spacial score (nSPS) is 27.2. The first kappa shape index (κ1) is 21.1. The highest BCUT2D eigenvalue weighted by Crippen LogP contribution is 2.23. The van der Waals surface area contributed by atoms with Crippen molar-refractivity contribution in [2.45, 2.75) is 64.5 Å². The zero-order valence-electron chi connectivity index (χ0n) is 17.6. The van der Waals surface area contributed by atoms with Gasteiger partial charge in [-0.3, -0.25) is 9.80 Å². The van der Waals surface area contributed by atoms with Crippen LogP contribution in [0.15, 0.2) is 30.3 Å². The van der Waals surface area contributed by atoms with Gasteiger partial charge in [0.2, 0.25) is 0 Å².